The Labute approximate surface area is 348 Å². The first-order chi connectivity index (χ1) is 28.6. The third kappa shape index (κ3) is 7.68. The van der Waals surface area contributed by atoms with Crippen LogP contribution in [0.25, 0.3) is 0 Å². The van der Waals surface area contributed by atoms with Gasteiger partial charge in [0.05, 0.1) is 27.8 Å². The number of nitrogens with one attached hydrogen (secondary N) is 1. The van der Waals surface area contributed by atoms with E-state index in [0.29, 0.717) is 51.4 Å². The zero-order chi connectivity index (χ0) is 40.8. The van der Waals surface area contributed by atoms with Gasteiger partial charge >= 0.3 is 0 Å². The molecular weight excluding hydrogens is 768 g/mol. The minimum Gasteiger partial charge on any atom is -0.488 e. The average molecular weight is 813 g/mol. The quantitative estimate of drug-likeness (QED) is 0.249. The fourth-order valence-corrected chi connectivity index (χ4v) is 10.1. The zero-order valence-electron chi connectivity index (χ0n) is 32.7. The number of piperidine rings is 4. The molecule has 4 saturated heterocycles. The molecule has 5 heterocycles. The van der Waals surface area contributed by atoms with Crippen LogP contribution >= 0.6 is 11.6 Å². The lowest BCUT2D eigenvalue weighted by atomic mass is 9.92. The van der Waals surface area contributed by atoms with E-state index >= 15 is 0 Å². The summed E-state index contributed by atoms with van der Waals surface area (Å²) in [6, 6.07) is 19.2. The summed E-state index contributed by atoms with van der Waals surface area (Å²) >= 11 is 6.23. The molecule has 6 aliphatic rings. The van der Waals surface area contributed by atoms with Gasteiger partial charge in [-0.3, -0.25) is 34.2 Å². The highest BCUT2D eigenvalue weighted by Crippen LogP contribution is 2.41. The molecule has 59 heavy (non-hydrogen) atoms. The van der Waals surface area contributed by atoms with E-state index in [1.807, 2.05) is 35.2 Å². The molecule has 5 amide bonds. The summed E-state index contributed by atoms with van der Waals surface area (Å²) in [7, 11) is 0. The van der Waals surface area contributed by atoms with Crippen LogP contribution in [0.15, 0.2) is 60.7 Å². The number of amides is 5. The van der Waals surface area contributed by atoms with Crippen LogP contribution in [0.2, 0.25) is 5.02 Å². The average Bonchev–Trinajstić information content (AvgIpc) is 3.88. The van der Waals surface area contributed by atoms with Gasteiger partial charge in [0.15, 0.2) is 0 Å². The number of halogens is 1. The number of anilines is 1. The molecule has 0 radical (unpaired) electrons. The Balaban J connectivity index is 0.721. The summed E-state index contributed by atoms with van der Waals surface area (Å²) < 4.78 is 6.33. The van der Waals surface area contributed by atoms with Gasteiger partial charge in [0.25, 0.3) is 17.7 Å². The first-order valence-corrected chi connectivity index (χ1v) is 21.1. The molecule has 4 atom stereocenters. The Morgan fingerprint density at radius 1 is 0.847 bits per heavy atom. The summed E-state index contributed by atoms with van der Waals surface area (Å²) in [5.41, 5.74) is 3.49. The Morgan fingerprint density at radius 3 is 2.34 bits per heavy atom. The van der Waals surface area contributed by atoms with Crippen molar-refractivity contribution in [3.8, 4) is 23.7 Å². The van der Waals surface area contributed by atoms with E-state index in [9.17, 15) is 29.2 Å². The van der Waals surface area contributed by atoms with Crippen molar-refractivity contribution in [1.82, 2.24) is 20.0 Å². The van der Waals surface area contributed by atoms with E-state index < -0.39 is 23.8 Å². The largest absolute Gasteiger partial charge is 0.488 e. The molecular formula is C46H45ClN6O6. The first kappa shape index (κ1) is 38.8. The lowest BCUT2D eigenvalue weighted by molar-refractivity contribution is -0.136. The van der Waals surface area contributed by atoms with E-state index in [0.717, 1.165) is 87.4 Å². The molecule has 3 aromatic rings. The van der Waals surface area contributed by atoms with Crippen LogP contribution < -0.4 is 15.0 Å². The van der Waals surface area contributed by atoms with E-state index in [-0.39, 0.29) is 42.7 Å². The number of nitrogens with zero attached hydrogens (tertiary/aromatic N) is 5. The maximum atomic E-state index is 13.6. The van der Waals surface area contributed by atoms with Gasteiger partial charge in [-0.1, -0.05) is 23.4 Å². The second-order valence-electron chi connectivity index (χ2n) is 16.7. The molecule has 0 spiro atoms. The molecule has 1 aliphatic carbocycles. The minimum absolute atomic E-state index is 0.000541. The molecule has 3 aromatic carbocycles. The number of likely N-dealkylation sites (tertiary alicyclic amines) is 2. The first-order valence-electron chi connectivity index (χ1n) is 20.8. The summed E-state index contributed by atoms with van der Waals surface area (Å²) in [5.74, 6) is 6.70. The number of rotatable bonds is 7. The molecule has 1 N–H and O–H groups in total. The van der Waals surface area contributed by atoms with Crippen molar-refractivity contribution >= 4 is 46.8 Å². The van der Waals surface area contributed by atoms with E-state index in [2.05, 4.69) is 33.0 Å². The summed E-state index contributed by atoms with van der Waals surface area (Å²) in [6.07, 6.45) is 6.16. The van der Waals surface area contributed by atoms with Gasteiger partial charge in [-0.2, -0.15) is 5.26 Å². The fourth-order valence-electron chi connectivity index (χ4n) is 9.87. The lowest BCUT2D eigenvalue weighted by Gasteiger charge is -2.38. The number of carbonyl (C=O) groups is 5. The van der Waals surface area contributed by atoms with Crippen LogP contribution in [-0.2, 0) is 9.59 Å². The molecule has 5 aliphatic heterocycles. The Kier molecular flexibility index (Phi) is 10.6. The molecule has 0 aromatic heterocycles. The number of nitriles is 1. The molecule has 13 heteroatoms. The highest BCUT2D eigenvalue weighted by Gasteiger charge is 2.50. The number of fused-ring (bicyclic) bond motifs is 3. The van der Waals surface area contributed by atoms with Crippen molar-refractivity contribution in [2.24, 2.45) is 17.8 Å². The molecule has 12 nitrogen and oxygen atoms in total. The standard InChI is InChI=1S/C46H45ClN6O6/c47-38-24-35(10-7-32(38)25-48)59-42-33-8-12-39(42)52(27-33)44(56)31-5-3-28(4-6-31)1-2-29-15-19-50(20-16-29)26-30-17-21-51(22-18-30)34-9-11-36-37(23-34)46(58)53(45(36)57)40-13-14-41(54)49-43(40)55/h3-7,9-11,23-24,29-30,33,39-40,42H,8,12-22,26-27H2,(H,49,54,55). The van der Waals surface area contributed by atoms with E-state index in [1.54, 1.807) is 30.3 Å². The van der Waals surface area contributed by atoms with Crippen LogP contribution in [0.1, 0.15) is 93.6 Å². The highest BCUT2D eigenvalue weighted by molar-refractivity contribution is 6.31. The van der Waals surface area contributed by atoms with E-state index in [1.165, 1.54) is 0 Å². The molecule has 2 bridgehead atoms. The van der Waals surface area contributed by atoms with Crippen molar-refractivity contribution < 1.29 is 28.7 Å². The van der Waals surface area contributed by atoms with Gasteiger partial charge in [-0.05, 0) is 119 Å². The topological polar surface area (TPSA) is 143 Å². The fraction of sp³-hybridized carbons (Fsp3) is 0.435. The monoisotopic (exact) mass is 812 g/mol. The number of hydrogen-bond donors (Lipinski definition) is 1. The lowest BCUT2D eigenvalue weighted by Crippen LogP contribution is -2.54. The maximum Gasteiger partial charge on any atom is 0.262 e. The maximum absolute atomic E-state index is 13.6. The molecule has 1 saturated carbocycles. The molecule has 4 unspecified atom stereocenters. The minimum atomic E-state index is -0.968. The molecule has 5 fully saturated rings. The summed E-state index contributed by atoms with van der Waals surface area (Å²) in [6.45, 7) is 5.46. The third-order valence-electron chi connectivity index (χ3n) is 13.2. The van der Waals surface area contributed by atoms with Gasteiger partial charge < -0.3 is 19.4 Å². The van der Waals surface area contributed by atoms with Crippen LogP contribution in [0.3, 0.4) is 0 Å². The second-order valence-corrected chi connectivity index (χ2v) is 17.1. The van der Waals surface area contributed by atoms with Crippen molar-refractivity contribution in [2.75, 3.05) is 44.2 Å². The Morgan fingerprint density at radius 2 is 1.61 bits per heavy atom. The van der Waals surface area contributed by atoms with E-state index in [4.69, 9.17) is 16.3 Å². The number of carbonyl (C=O) groups excluding carboxylic acids is 5. The van der Waals surface area contributed by atoms with Crippen molar-refractivity contribution in [3.05, 3.63) is 93.5 Å². The molecule has 302 valence electrons. The smallest absolute Gasteiger partial charge is 0.262 e. The SMILES string of the molecule is N#Cc1ccc(OC2C3CCC2N(C(=O)c2ccc(C#CC4CCN(CC5CCN(c6ccc7c(c6)C(=O)N(C6CCC(=O)NC6=O)C7=O)CC5)CC4)cc2)C3)cc1Cl. The second kappa shape index (κ2) is 16.2. The summed E-state index contributed by atoms with van der Waals surface area (Å²) in [5, 5.41) is 11.8. The third-order valence-corrected chi connectivity index (χ3v) is 13.5. The number of hydrogen-bond acceptors (Lipinski definition) is 9. The number of ether oxygens (including phenoxy) is 1. The van der Waals surface area contributed by atoms with Crippen molar-refractivity contribution in [1.29, 1.82) is 5.26 Å². The Bertz CT molecular complexity index is 2320. The van der Waals surface area contributed by atoms with Crippen LogP contribution in [0.5, 0.6) is 5.75 Å². The van der Waals surface area contributed by atoms with Crippen LogP contribution in [0, 0.1) is 40.9 Å². The predicted molar refractivity (Wildman–Crippen MR) is 219 cm³/mol. The molecule has 9 rings (SSSR count). The van der Waals surface area contributed by atoms with Crippen LogP contribution in [-0.4, -0.2) is 102 Å². The van der Waals surface area contributed by atoms with Gasteiger partial charge in [0.2, 0.25) is 11.8 Å². The van der Waals surface area contributed by atoms with Crippen molar-refractivity contribution in [3.63, 3.8) is 0 Å². The van der Waals surface area contributed by atoms with Gasteiger partial charge in [-0.15, -0.1) is 0 Å². The number of imide groups is 2. The Hall–Kier alpha value is -5.69. The highest BCUT2D eigenvalue weighted by atomic mass is 35.5. The number of benzene rings is 3. The van der Waals surface area contributed by atoms with Gasteiger partial charge in [0, 0.05) is 67.3 Å². The predicted octanol–water partition coefficient (Wildman–Crippen LogP) is 5.27. The van der Waals surface area contributed by atoms with Gasteiger partial charge in [-0.25, -0.2) is 0 Å². The van der Waals surface area contributed by atoms with Crippen molar-refractivity contribution in [2.45, 2.75) is 69.6 Å². The zero-order valence-corrected chi connectivity index (χ0v) is 33.5. The normalized spacial score (nSPS) is 24.8. The summed E-state index contributed by atoms with van der Waals surface area (Å²) in [4.78, 5) is 71.9. The van der Waals surface area contributed by atoms with Gasteiger partial charge in [0.1, 0.15) is 24.0 Å². The van der Waals surface area contributed by atoms with Crippen LogP contribution in [0.4, 0.5) is 5.69 Å².